The zero-order chi connectivity index (χ0) is 26.1. The smallest absolute Gasteiger partial charge is 0.334 e. The van der Waals surface area contributed by atoms with Crippen molar-refractivity contribution in [2.45, 2.75) is 42.8 Å². The van der Waals surface area contributed by atoms with Gasteiger partial charge in [0.05, 0.1) is 24.4 Å². The maximum atomic E-state index is 15.0. The minimum absolute atomic E-state index is 0.00456. The Morgan fingerprint density at radius 3 is 2.37 bits per heavy atom. The minimum Gasteiger partial charge on any atom is -0.468 e. The molecule has 0 radical (unpaired) electrons. The molecule has 192 valence electrons. The standard InChI is InChI=1S/C23H26Cl2FNO7S/c1-13(22(30)33-3)35-19-11-18(17(26)10-16(19)25)27(20(28)12-24)21(29)14-6-4-5-7-15(14)23(31)34-9-8-32-2/h10-11,13H,4-9,12H2,1-3H3. The second kappa shape index (κ2) is 13.8. The van der Waals surface area contributed by atoms with Crippen molar-refractivity contribution in [3.05, 3.63) is 34.1 Å². The van der Waals surface area contributed by atoms with Crippen LogP contribution < -0.4 is 4.90 Å². The number of halogens is 3. The van der Waals surface area contributed by atoms with Crippen molar-refractivity contribution in [3.63, 3.8) is 0 Å². The van der Waals surface area contributed by atoms with E-state index in [9.17, 15) is 19.2 Å². The van der Waals surface area contributed by atoms with Crippen molar-refractivity contribution >= 4 is 64.4 Å². The first kappa shape index (κ1) is 29.1. The summed E-state index contributed by atoms with van der Waals surface area (Å²) in [5, 5.41) is -0.713. The number of ether oxygens (including phenoxy) is 3. The topological polar surface area (TPSA) is 99.2 Å². The molecule has 35 heavy (non-hydrogen) atoms. The first-order valence-corrected chi connectivity index (χ1v) is 12.5. The Labute approximate surface area is 217 Å². The molecule has 0 saturated carbocycles. The van der Waals surface area contributed by atoms with Crippen molar-refractivity contribution in [3.8, 4) is 0 Å². The SMILES string of the molecule is COCCOC(=O)C1=C(C(=O)N(C(=O)CCl)c2cc(SC(C)C(=O)OC)c(Cl)cc2F)CCCC1. The number of carbonyl (C=O) groups is 4. The average Bonchev–Trinajstić information content (AvgIpc) is 2.85. The average molecular weight is 550 g/mol. The Balaban J connectivity index is 2.52. The quantitative estimate of drug-likeness (QED) is 0.184. The van der Waals surface area contributed by atoms with Gasteiger partial charge in [-0.3, -0.25) is 14.4 Å². The summed E-state index contributed by atoms with van der Waals surface area (Å²) in [4.78, 5) is 51.6. The maximum Gasteiger partial charge on any atom is 0.334 e. The molecule has 2 amide bonds. The van der Waals surface area contributed by atoms with Gasteiger partial charge >= 0.3 is 11.9 Å². The van der Waals surface area contributed by atoms with E-state index in [1.54, 1.807) is 6.92 Å². The second-order valence-corrected chi connectivity index (χ2v) is 9.54. The number of esters is 2. The predicted octanol–water partition coefficient (Wildman–Crippen LogP) is 4.29. The summed E-state index contributed by atoms with van der Waals surface area (Å²) in [5.41, 5.74) is -0.202. The van der Waals surface area contributed by atoms with Crippen LogP contribution in [0.2, 0.25) is 5.02 Å². The van der Waals surface area contributed by atoms with E-state index >= 15 is 4.39 Å². The molecule has 8 nitrogen and oxygen atoms in total. The highest BCUT2D eigenvalue weighted by atomic mass is 35.5. The number of imide groups is 1. The molecule has 0 N–H and O–H groups in total. The Bertz CT molecular complexity index is 1020. The normalized spacial score (nSPS) is 14.3. The number of nitrogens with zero attached hydrogens (tertiary/aromatic N) is 1. The molecule has 1 atom stereocenters. The summed E-state index contributed by atoms with van der Waals surface area (Å²) >= 11 is 12.9. The Hall–Kier alpha value is -2.14. The number of hydrogen-bond acceptors (Lipinski definition) is 8. The molecule has 0 heterocycles. The van der Waals surface area contributed by atoms with E-state index in [0.717, 1.165) is 17.8 Å². The Morgan fingerprint density at radius 1 is 1.11 bits per heavy atom. The maximum absolute atomic E-state index is 15.0. The van der Waals surface area contributed by atoms with E-state index in [2.05, 4.69) is 0 Å². The van der Waals surface area contributed by atoms with E-state index in [4.69, 9.17) is 37.4 Å². The van der Waals surface area contributed by atoms with Crippen molar-refractivity contribution in [2.24, 2.45) is 0 Å². The number of thioether (sulfide) groups is 1. The summed E-state index contributed by atoms with van der Waals surface area (Å²) in [6.07, 6.45) is 1.72. The molecule has 0 saturated heterocycles. The molecule has 1 aromatic carbocycles. The first-order chi connectivity index (χ1) is 16.7. The third-order valence-electron chi connectivity index (χ3n) is 5.14. The lowest BCUT2D eigenvalue weighted by Crippen LogP contribution is -2.40. The highest BCUT2D eigenvalue weighted by molar-refractivity contribution is 8.00. The molecule has 0 fully saturated rings. The van der Waals surface area contributed by atoms with E-state index in [0.29, 0.717) is 17.7 Å². The molecule has 0 bridgehead atoms. The summed E-state index contributed by atoms with van der Waals surface area (Å²) < 4.78 is 29.8. The number of amides is 2. The zero-order valence-corrected chi connectivity index (χ0v) is 21.9. The number of carbonyl (C=O) groups excluding carboxylic acids is 4. The van der Waals surface area contributed by atoms with Crippen molar-refractivity contribution < 1.29 is 37.8 Å². The number of anilines is 1. The van der Waals surface area contributed by atoms with E-state index in [1.165, 1.54) is 20.3 Å². The largest absolute Gasteiger partial charge is 0.468 e. The van der Waals surface area contributed by atoms with Gasteiger partial charge in [-0.1, -0.05) is 11.6 Å². The minimum atomic E-state index is -0.947. The second-order valence-electron chi connectivity index (χ2n) is 7.48. The summed E-state index contributed by atoms with van der Waals surface area (Å²) in [6, 6.07) is 2.14. The van der Waals surface area contributed by atoms with Crippen LogP contribution in [0.25, 0.3) is 0 Å². The zero-order valence-electron chi connectivity index (χ0n) is 19.5. The number of methoxy groups -OCH3 is 2. The molecule has 1 aliphatic carbocycles. The molecule has 12 heteroatoms. The molecular formula is C23H26Cl2FNO7S. The molecular weight excluding hydrogens is 524 g/mol. The highest BCUT2D eigenvalue weighted by Gasteiger charge is 2.33. The van der Waals surface area contributed by atoms with Crippen LogP contribution in [-0.4, -0.2) is 62.3 Å². The monoisotopic (exact) mass is 549 g/mol. The molecule has 0 spiro atoms. The number of hydrogen-bond donors (Lipinski definition) is 0. The van der Waals surface area contributed by atoms with Crippen molar-refractivity contribution in [2.75, 3.05) is 38.2 Å². The molecule has 0 aliphatic heterocycles. The summed E-state index contributed by atoms with van der Waals surface area (Å²) in [5.74, 6) is -4.55. The summed E-state index contributed by atoms with van der Waals surface area (Å²) in [7, 11) is 2.68. The van der Waals surface area contributed by atoms with Gasteiger partial charge in [0.2, 0.25) is 5.91 Å². The van der Waals surface area contributed by atoms with Gasteiger partial charge in [0, 0.05) is 23.2 Å². The number of rotatable bonds is 10. The van der Waals surface area contributed by atoms with E-state index in [1.807, 2.05) is 0 Å². The Kier molecular flexibility index (Phi) is 11.5. The third-order valence-corrected chi connectivity index (χ3v) is 6.93. The predicted molar refractivity (Wildman–Crippen MR) is 130 cm³/mol. The Morgan fingerprint density at radius 2 is 1.77 bits per heavy atom. The van der Waals surface area contributed by atoms with Gasteiger partial charge in [-0.05, 0) is 44.7 Å². The van der Waals surface area contributed by atoms with Crippen molar-refractivity contribution in [1.82, 2.24) is 0 Å². The van der Waals surface area contributed by atoms with Crippen molar-refractivity contribution in [1.29, 1.82) is 0 Å². The molecule has 1 unspecified atom stereocenters. The van der Waals surface area contributed by atoms with Crippen LogP contribution in [0.15, 0.2) is 28.2 Å². The van der Waals surface area contributed by atoms with E-state index < -0.39 is 46.4 Å². The number of benzene rings is 1. The van der Waals surface area contributed by atoms with E-state index in [-0.39, 0.29) is 47.1 Å². The fourth-order valence-corrected chi connectivity index (χ4v) is 4.74. The fourth-order valence-electron chi connectivity index (χ4n) is 3.41. The van der Waals surface area contributed by atoms with Crippen LogP contribution in [0.1, 0.15) is 32.6 Å². The van der Waals surface area contributed by atoms with Crippen LogP contribution in [0.5, 0.6) is 0 Å². The van der Waals surface area contributed by atoms with Gasteiger partial charge in [-0.25, -0.2) is 14.1 Å². The van der Waals surface area contributed by atoms with Gasteiger partial charge in [0.25, 0.3) is 5.91 Å². The lowest BCUT2D eigenvalue weighted by atomic mass is 9.90. The molecule has 1 aromatic rings. The molecule has 2 rings (SSSR count). The van der Waals surface area contributed by atoms with Gasteiger partial charge < -0.3 is 14.2 Å². The third kappa shape index (κ3) is 7.42. The highest BCUT2D eigenvalue weighted by Crippen LogP contribution is 2.37. The molecule has 1 aliphatic rings. The van der Waals surface area contributed by atoms with Crippen LogP contribution >= 0.6 is 35.0 Å². The van der Waals surface area contributed by atoms with Gasteiger partial charge in [-0.15, -0.1) is 23.4 Å². The lowest BCUT2D eigenvalue weighted by Gasteiger charge is -2.26. The van der Waals surface area contributed by atoms with Crippen LogP contribution in [0.4, 0.5) is 10.1 Å². The van der Waals surface area contributed by atoms with Crippen LogP contribution in [0.3, 0.4) is 0 Å². The van der Waals surface area contributed by atoms with Crippen LogP contribution in [-0.2, 0) is 33.4 Å². The van der Waals surface area contributed by atoms with Gasteiger partial charge in [0.15, 0.2) is 0 Å². The summed E-state index contributed by atoms with van der Waals surface area (Å²) in [6.45, 7) is 1.74. The first-order valence-electron chi connectivity index (χ1n) is 10.7. The lowest BCUT2D eigenvalue weighted by molar-refractivity contribution is -0.141. The van der Waals surface area contributed by atoms with Crippen LogP contribution in [0, 0.1) is 5.82 Å². The fraction of sp³-hybridized carbons (Fsp3) is 0.478. The van der Waals surface area contributed by atoms with Gasteiger partial charge in [-0.2, -0.15) is 0 Å². The molecule has 0 aromatic heterocycles. The number of alkyl halides is 1. The van der Waals surface area contributed by atoms with Gasteiger partial charge in [0.1, 0.15) is 23.6 Å².